The summed E-state index contributed by atoms with van der Waals surface area (Å²) in [4.78, 5) is 10.8. The molecule has 9 heteroatoms. The van der Waals surface area contributed by atoms with Gasteiger partial charge in [0, 0.05) is 5.56 Å². The third kappa shape index (κ3) is 4.34. The summed E-state index contributed by atoms with van der Waals surface area (Å²) in [6, 6.07) is 6.45. The molecule has 0 radical (unpaired) electrons. The minimum atomic E-state index is -4.48. The number of benzene rings is 2. The first-order valence-corrected chi connectivity index (χ1v) is 9.02. The van der Waals surface area contributed by atoms with Crippen molar-refractivity contribution >= 4 is 21.7 Å². The first-order chi connectivity index (χ1) is 12.2. The highest BCUT2D eigenvalue weighted by atomic mass is 32.2. The monoisotopic (exact) mass is 387 g/mol. The molecule has 0 unspecified atom stereocenters. The lowest BCUT2D eigenvalue weighted by atomic mass is 10.1. The molecule has 2 rings (SSSR count). The Balaban J connectivity index is 2.38. The Bertz CT molecular complexity index is 930. The van der Waals surface area contributed by atoms with E-state index in [2.05, 4.69) is 0 Å². The van der Waals surface area contributed by atoms with Gasteiger partial charge in [-0.2, -0.15) is 0 Å². The third-order valence-electron chi connectivity index (χ3n) is 3.42. The molecule has 0 saturated carbocycles. The molecule has 2 aromatic carbocycles. The highest BCUT2D eigenvalue weighted by Crippen LogP contribution is 2.30. The Morgan fingerprint density at radius 2 is 1.88 bits per heavy atom. The maximum Gasteiger partial charge on any atom is 0.338 e. The van der Waals surface area contributed by atoms with E-state index in [0.29, 0.717) is 5.56 Å². The van der Waals surface area contributed by atoms with Gasteiger partial charge in [0.1, 0.15) is 10.7 Å². The van der Waals surface area contributed by atoms with Crippen molar-refractivity contribution in [1.82, 2.24) is 0 Å². The van der Waals surface area contributed by atoms with Crippen LogP contribution in [0.4, 0.5) is 18.9 Å². The molecule has 0 heterocycles. The Morgan fingerprint density at radius 3 is 2.46 bits per heavy atom. The van der Waals surface area contributed by atoms with E-state index in [1.807, 2.05) is 4.72 Å². The Labute approximate surface area is 148 Å². The molecule has 0 amide bonds. The standard InChI is InChI=1S/C17H16F3NO4S/c1-3-25-17(22)11-5-7-15(13(18)9-11)26(23,24)21-14-6-4-10(2)8-12(14)16(19)20/h4-9,16,21H,3H2,1-2H3. The van der Waals surface area contributed by atoms with Crippen LogP contribution in [0, 0.1) is 12.7 Å². The fourth-order valence-corrected chi connectivity index (χ4v) is 3.36. The number of rotatable bonds is 6. The number of halogens is 3. The van der Waals surface area contributed by atoms with Gasteiger partial charge in [-0.25, -0.2) is 26.4 Å². The second kappa shape index (κ2) is 7.77. The molecule has 5 nitrogen and oxygen atoms in total. The van der Waals surface area contributed by atoms with Gasteiger partial charge in [0.05, 0.1) is 17.9 Å². The predicted octanol–water partition coefficient (Wildman–Crippen LogP) is 4.05. The summed E-state index contributed by atoms with van der Waals surface area (Å²) in [6.07, 6.45) is -2.91. The van der Waals surface area contributed by atoms with Gasteiger partial charge in [-0.3, -0.25) is 4.72 Å². The van der Waals surface area contributed by atoms with Gasteiger partial charge in [-0.15, -0.1) is 0 Å². The molecule has 0 spiro atoms. The minimum absolute atomic E-state index is 0.0753. The number of carbonyl (C=O) groups excluding carboxylic acids is 1. The molecule has 1 N–H and O–H groups in total. The second-order valence-electron chi connectivity index (χ2n) is 5.36. The first-order valence-electron chi connectivity index (χ1n) is 7.54. The molecule has 0 aliphatic heterocycles. The quantitative estimate of drug-likeness (QED) is 0.759. The molecule has 0 atom stereocenters. The van der Waals surface area contributed by atoms with Gasteiger partial charge in [-0.1, -0.05) is 11.6 Å². The van der Waals surface area contributed by atoms with Gasteiger partial charge in [0.2, 0.25) is 0 Å². The number of alkyl halides is 2. The van der Waals surface area contributed by atoms with E-state index in [1.54, 1.807) is 13.8 Å². The summed E-state index contributed by atoms with van der Waals surface area (Å²) in [7, 11) is -4.48. The Kier molecular flexibility index (Phi) is 5.91. The van der Waals surface area contributed by atoms with Crippen LogP contribution in [-0.2, 0) is 14.8 Å². The normalized spacial score (nSPS) is 11.5. The van der Waals surface area contributed by atoms with Gasteiger partial charge in [0.25, 0.3) is 16.4 Å². The summed E-state index contributed by atoms with van der Waals surface area (Å²) in [5.74, 6) is -2.00. The molecule has 0 saturated heterocycles. The van der Waals surface area contributed by atoms with E-state index in [1.165, 1.54) is 12.1 Å². The number of esters is 1. The lowest BCUT2D eigenvalue weighted by molar-refractivity contribution is 0.0525. The highest BCUT2D eigenvalue weighted by molar-refractivity contribution is 7.92. The molecule has 0 fully saturated rings. The van der Waals surface area contributed by atoms with E-state index in [-0.39, 0.29) is 17.9 Å². The topological polar surface area (TPSA) is 72.5 Å². The van der Waals surface area contributed by atoms with Gasteiger partial charge < -0.3 is 4.74 Å². The Hall–Kier alpha value is -2.55. The van der Waals surface area contributed by atoms with Crippen LogP contribution < -0.4 is 4.72 Å². The average Bonchev–Trinajstić information content (AvgIpc) is 2.56. The van der Waals surface area contributed by atoms with Crippen molar-refractivity contribution in [2.24, 2.45) is 0 Å². The number of hydrogen-bond acceptors (Lipinski definition) is 4. The smallest absolute Gasteiger partial charge is 0.338 e. The van der Waals surface area contributed by atoms with Gasteiger partial charge in [0.15, 0.2) is 0 Å². The van der Waals surface area contributed by atoms with E-state index >= 15 is 0 Å². The molecule has 2 aromatic rings. The first kappa shape index (κ1) is 19.8. The maximum atomic E-state index is 14.2. The zero-order valence-electron chi connectivity index (χ0n) is 13.9. The number of nitrogens with one attached hydrogen (secondary N) is 1. The van der Waals surface area contributed by atoms with Crippen LogP contribution in [0.25, 0.3) is 0 Å². The van der Waals surface area contributed by atoms with Crippen LogP contribution in [0.1, 0.15) is 34.8 Å². The number of carbonyl (C=O) groups is 1. The van der Waals surface area contributed by atoms with Crippen LogP contribution >= 0.6 is 0 Å². The van der Waals surface area contributed by atoms with E-state index in [9.17, 15) is 26.4 Å². The zero-order valence-corrected chi connectivity index (χ0v) is 14.7. The fourth-order valence-electron chi connectivity index (χ4n) is 2.22. The van der Waals surface area contributed by atoms with Crippen LogP contribution in [0.5, 0.6) is 0 Å². The summed E-state index contributed by atoms with van der Waals surface area (Å²) in [5, 5.41) is 0. The van der Waals surface area contributed by atoms with Gasteiger partial charge >= 0.3 is 5.97 Å². The number of aryl methyl sites for hydroxylation is 1. The fraction of sp³-hybridized carbons (Fsp3) is 0.235. The molecular weight excluding hydrogens is 371 g/mol. The molecular formula is C17H16F3NO4S. The minimum Gasteiger partial charge on any atom is -0.462 e. The third-order valence-corrected chi connectivity index (χ3v) is 4.82. The van der Waals surface area contributed by atoms with E-state index in [4.69, 9.17) is 4.74 Å². The van der Waals surface area contributed by atoms with Crippen molar-refractivity contribution in [2.75, 3.05) is 11.3 Å². The maximum absolute atomic E-state index is 14.2. The molecule has 26 heavy (non-hydrogen) atoms. The van der Waals surface area contributed by atoms with Crippen LogP contribution in [0.3, 0.4) is 0 Å². The van der Waals surface area contributed by atoms with Crippen molar-refractivity contribution < 1.29 is 31.1 Å². The van der Waals surface area contributed by atoms with Crippen molar-refractivity contribution in [1.29, 1.82) is 0 Å². The number of sulfonamides is 1. The van der Waals surface area contributed by atoms with Crippen LogP contribution in [-0.4, -0.2) is 21.0 Å². The largest absolute Gasteiger partial charge is 0.462 e. The van der Waals surface area contributed by atoms with Crippen molar-refractivity contribution in [3.63, 3.8) is 0 Å². The lowest BCUT2D eigenvalue weighted by Gasteiger charge is -2.14. The highest BCUT2D eigenvalue weighted by Gasteiger charge is 2.23. The average molecular weight is 387 g/mol. The summed E-state index contributed by atoms with van der Waals surface area (Å²) >= 11 is 0. The number of hydrogen-bond donors (Lipinski definition) is 1. The number of ether oxygens (including phenoxy) is 1. The molecule has 0 aromatic heterocycles. The number of anilines is 1. The zero-order chi connectivity index (χ0) is 19.5. The predicted molar refractivity (Wildman–Crippen MR) is 89.3 cm³/mol. The summed E-state index contributed by atoms with van der Waals surface area (Å²) < 4.78 is 71.9. The van der Waals surface area contributed by atoms with Crippen molar-refractivity contribution in [2.45, 2.75) is 25.2 Å². The molecule has 0 bridgehead atoms. The Morgan fingerprint density at radius 1 is 1.19 bits per heavy atom. The van der Waals surface area contributed by atoms with Crippen LogP contribution in [0.2, 0.25) is 0 Å². The molecule has 0 aliphatic carbocycles. The van der Waals surface area contributed by atoms with Gasteiger partial charge in [-0.05, 0) is 44.2 Å². The molecule has 140 valence electrons. The summed E-state index contributed by atoms with van der Waals surface area (Å²) in [6.45, 7) is 3.23. The van der Waals surface area contributed by atoms with Crippen molar-refractivity contribution in [3.8, 4) is 0 Å². The van der Waals surface area contributed by atoms with E-state index < -0.39 is 38.7 Å². The molecule has 0 aliphatic rings. The SMILES string of the molecule is CCOC(=O)c1ccc(S(=O)(=O)Nc2ccc(C)cc2C(F)F)c(F)c1. The van der Waals surface area contributed by atoms with Crippen LogP contribution in [0.15, 0.2) is 41.3 Å². The summed E-state index contributed by atoms with van der Waals surface area (Å²) in [5.41, 5.74) is -0.503. The second-order valence-corrected chi connectivity index (χ2v) is 7.01. The lowest BCUT2D eigenvalue weighted by Crippen LogP contribution is -2.16. The van der Waals surface area contributed by atoms with Crippen molar-refractivity contribution in [3.05, 3.63) is 58.9 Å². The van der Waals surface area contributed by atoms with E-state index in [0.717, 1.165) is 24.3 Å².